The van der Waals surface area contributed by atoms with Gasteiger partial charge in [-0.3, -0.25) is 9.59 Å². The molecule has 0 aromatic heterocycles. The summed E-state index contributed by atoms with van der Waals surface area (Å²) in [5.41, 5.74) is -0.286. The Kier molecular flexibility index (Phi) is 10.1. The smallest absolute Gasteiger partial charge is 0.226 e. The Labute approximate surface area is 193 Å². The fourth-order valence-electron chi connectivity index (χ4n) is 4.73. The van der Waals surface area contributed by atoms with Gasteiger partial charge in [-0.25, -0.2) is 0 Å². The van der Waals surface area contributed by atoms with Crippen LogP contribution in [0.15, 0.2) is 30.3 Å². The van der Waals surface area contributed by atoms with Crippen LogP contribution in [-0.2, 0) is 9.59 Å². The predicted octanol–water partition coefficient (Wildman–Crippen LogP) is 7.05. The Bertz CT molecular complexity index is 634. The van der Waals surface area contributed by atoms with Crippen molar-refractivity contribution in [3.8, 4) is 5.75 Å². The van der Waals surface area contributed by atoms with Crippen LogP contribution in [0.5, 0.6) is 5.75 Å². The highest BCUT2D eigenvalue weighted by Gasteiger charge is 2.38. The molecule has 1 aromatic carbocycles. The van der Waals surface area contributed by atoms with E-state index in [9.17, 15) is 9.59 Å². The van der Waals surface area contributed by atoms with E-state index in [2.05, 4.69) is 25.3 Å². The largest absolute Gasteiger partial charge is 0.458 e. The van der Waals surface area contributed by atoms with E-state index in [1.807, 2.05) is 18.2 Å². The van der Waals surface area contributed by atoms with Crippen molar-refractivity contribution >= 4 is 44.5 Å². The number of carbonyl (C=O) groups is 2. The van der Waals surface area contributed by atoms with Crippen LogP contribution in [0.25, 0.3) is 0 Å². The Hall–Kier alpha value is -0.510. The molecule has 0 radical (unpaired) electrons. The minimum absolute atomic E-state index is 0.143. The third-order valence-electron chi connectivity index (χ3n) is 6.47. The maximum atomic E-state index is 13.3. The zero-order chi connectivity index (χ0) is 21.3. The number of rotatable bonds is 10. The monoisotopic (exact) mass is 466 g/mol. The van der Waals surface area contributed by atoms with Gasteiger partial charge in [0.1, 0.15) is 5.75 Å². The second-order valence-electron chi connectivity index (χ2n) is 8.89. The van der Waals surface area contributed by atoms with Gasteiger partial charge in [-0.15, -0.1) is 0 Å². The van der Waals surface area contributed by atoms with Gasteiger partial charge in [-0.2, -0.15) is 25.3 Å². The Morgan fingerprint density at radius 2 is 1.23 bits per heavy atom. The quantitative estimate of drug-likeness (QED) is 0.287. The van der Waals surface area contributed by atoms with Gasteiger partial charge in [0.2, 0.25) is 19.2 Å². The molecule has 0 spiro atoms. The molecule has 2 fully saturated rings. The average Bonchev–Trinajstić information content (AvgIpc) is 2.78. The third kappa shape index (κ3) is 7.28. The maximum Gasteiger partial charge on any atom is 0.226 e. The van der Waals surface area contributed by atoms with Gasteiger partial charge in [-0.05, 0) is 36.8 Å². The average molecular weight is 467 g/mol. The first-order valence-electron chi connectivity index (χ1n) is 11.5. The van der Waals surface area contributed by atoms with Crippen molar-refractivity contribution in [1.29, 1.82) is 0 Å². The van der Waals surface area contributed by atoms with E-state index in [1.54, 1.807) is 12.1 Å². The number of para-hydroxylation sites is 1. The van der Waals surface area contributed by atoms with Gasteiger partial charge in [0, 0.05) is 0 Å². The molecule has 166 valence electrons. The Morgan fingerprint density at radius 3 is 1.67 bits per heavy atom. The second-order valence-corrected chi connectivity index (χ2v) is 11.8. The van der Waals surface area contributed by atoms with E-state index >= 15 is 0 Å². The Balaban J connectivity index is 1.67. The molecule has 0 saturated heterocycles. The number of carbonyl (C=O) groups excluding carboxylic acids is 2. The molecule has 2 saturated carbocycles. The van der Waals surface area contributed by atoms with Crippen LogP contribution in [0.4, 0.5) is 0 Å². The van der Waals surface area contributed by atoms with Gasteiger partial charge in [0.05, 0.1) is 10.5 Å². The summed E-state index contributed by atoms with van der Waals surface area (Å²) in [7, 11) is -1.92. The van der Waals surface area contributed by atoms with Gasteiger partial charge < -0.3 is 4.52 Å². The summed E-state index contributed by atoms with van der Waals surface area (Å²) in [5.74, 6) is 1.63. The first-order valence-corrected chi connectivity index (χ1v) is 13.8. The van der Waals surface area contributed by atoms with Gasteiger partial charge in [-0.1, -0.05) is 82.4 Å². The lowest BCUT2D eigenvalue weighted by atomic mass is 9.86. The minimum Gasteiger partial charge on any atom is -0.458 e. The molecular formula is C24H35O3PS2. The zero-order valence-electron chi connectivity index (χ0n) is 17.7. The lowest BCUT2D eigenvalue weighted by Crippen LogP contribution is -2.27. The SMILES string of the molecule is O=C(C(S)CC1CCCCC1)P(Oc1ccccc1)C(=O)C(S)CC1CCCCC1. The van der Waals surface area contributed by atoms with Crippen molar-refractivity contribution in [2.45, 2.75) is 87.5 Å². The molecule has 0 amide bonds. The second kappa shape index (κ2) is 12.5. The summed E-state index contributed by atoms with van der Waals surface area (Å²) in [4.78, 5) is 26.7. The standard InChI is InChI=1S/C24H35O3PS2/c25-23(21(29)16-18-10-4-1-5-11-18)28(27-20-14-8-3-9-15-20)24(26)22(30)17-19-12-6-2-7-13-19/h3,8-9,14-15,18-19,21-22,29-30H,1-2,4-7,10-13,16-17H2. The highest BCUT2D eigenvalue weighted by molar-refractivity contribution is 7.93. The predicted molar refractivity (Wildman–Crippen MR) is 132 cm³/mol. The van der Waals surface area contributed by atoms with Crippen molar-refractivity contribution in [2.75, 3.05) is 0 Å². The van der Waals surface area contributed by atoms with Crippen LogP contribution < -0.4 is 4.52 Å². The summed E-state index contributed by atoms with van der Waals surface area (Å²) >= 11 is 9.29. The van der Waals surface area contributed by atoms with Gasteiger partial charge in [0.15, 0.2) is 0 Å². The Morgan fingerprint density at radius 1 is 0.800 bits per heavy atom. The molecule has 0 bridgehead atoms. The van der Waals surface area contributed by atoms with Crippen molar-refractivity contribution in [2.24, 2.45) is 11.8 Å². The molecule has 3 rings (SSSR count). The molecule has 2 aliphatic rings. The molecule has 1 aromatic rings. The molecule has 2 atom stereocenters. The molecule has 2 unspecified atom stereocenters. The number of thiol groups is 2. The van der Waals surface area contributed by atoms with Crippen LogP contribution in [0.1, 0.15) is 77.0 Å². The normalized spacial score (nSPS) is 21.5. The van der Waals surface area contributed by atoms with Crippen LogP contribution in [0.3, 0.4) is 0 Å². The van der Waals surface area contributed by atoms with E-state index < -0.39 is 18.6 Å². The highest BCUT2D eigenvalue weighted by Crippen LogP contribution is 2.46. The minimum atomic E-state index is -1.92. The van der Waals surface area contributed by atoms with Crippen molar-refractivity contribution < 1.29 is 14.1 Å². The number of hydrogen-bond acceptors (Lipinski definition) is 5. The molecule has 0 heterocycles. The third-order valence-corrected chi connectivity index (χ3v) is 9.59. The lowest BCUT2D eigenvalue weighted by molar-refractivity contribution is -0.114. The number of hydrogen-bond donors (Lipinski definition) is 2. The summed E-state index contributed by atoms with van der Waals surface area (Å²) in [5, 5.41) is -0.885. The zero-order valence-corrected chi connectivity index (χ0v) is 20.4. The summed E-state index contributed by atoms with van der Waals surface area (Å²) in [6, 6.07) is 9.22. The highest BCUT2D eigenvalue weighted by atomic mass is 32.1. The molecule has 3 nitrogen and oxygen atoms in total. The lowest BCUT2D eigenvalue weighted by Gasteiger charge is -2.27. The topological polar surface area (TPSA) is 43.4 Å². The first-order chi connectivity index (χ1) is 14.5. The first kappa shape index (κ1) is 24.1. The van der Waals surface area contributed by atoms with Crippen LogP contribution >= 0.6 is 33.4 Å². The van der Waals surface area contributed by atoms with Crippen molar-refractivity contribution in [3.63, 3.8) is 0 Å². The van der Waals surface area contributed by atoms with Crippen LogP contribution in [-0.4, -0.2) is 21.5 Å². The van der Waals surface area contributed by atoms with E-state index in [0.29, 0.717) is 17.6 Å². The van der Waals surface area contributed by atoms with Crippen LogP contribution in [0.2, 0.25) is 0 Å². The van der Waals surface area contributed by atoms with E-state index in [4.69, 9.17) is 4.52 Å². The van der Waals surface area contributed by atoms with Gasteiger partial charge in [0.25, 0.3) is 0 Å². The molecule has 30 heavy (non-hydrogen) atoms. The fraction of sp³-hybridized carbons (Fsp3) is 0.667. The summed E-state index contributed by atoms with van der Waals surface area (Å²) < 4.78 is 6.03. The van der Waals surface area contributed by atoms with Crippen molar-refractivity contribution in [3.05, 3.63) is 30.3 Å². The maximum absolute atomic E-state index is 13.3. The summed E-state index contributed by atoms with van der Waals surface area (Å²) in [6.45, 7) is 0. The van der Waals surface area contributed by atoms with E-state index in [0.717, 1.165) is 38.5 Å². The van der Waals surface area contributed by atoms with E-state index in [1.165, 1.54) is 38.5 Å². The molecular weight excluding hydrogens is 431 g/mol. The summed E-state index contributed by atoms with van der Waals surface area (Å²) in [6.07, 6.45) is 13.6. The molecule has 6 heteroatoms. The molecule has 2 aliphatic carbocycles. The van der Waals surface area contributed by atoms with Crippen LogP contribution in [0, 0.1) is 11.8 Å². The van der Waals surface area contributed by atoms with E-state index in [-0.39, 0.29) is 11.0 Å². The fourth-order valence-corrected chi connectivity index (χ4v) is 7.44. The molecule has 0 N–H and O–H groups in total. The van der Waals surface area contributed by atoms with Gasteiger partial charge >= 0.3 is 0 Å². The van der Waals surface area contributed by atoms with Crippen molar-refractivity contribution in [1.82, 2.24) is 0 Å². The molecule has 0 aliphatic heterocycles. The number of benzene rings is 1.